The minimum atomic E-state index is -6.18. The molecule has 0 bridgehead atoms. The summed E-state index contributed by atoms with van der Waals surface area (Å²) >= 11 is 9.11. The maximum atomic E-state index is 14.8. The van der Waals surface area contributed by atoms with Gasteiger partial charge in [0.25, 0.3) is 31.7 Å². The lowest BCUT2D eigenvalue weighted by molar-refractivity contribution is -0.145. The second-order valence-electron chi connectivity index (χ2n) is 29.5. The number of β-amino-alcohol motifs (C(OH)–C–C–N with tert-alkyl or cyclic N) is 1. The van der Waals surface area contributed by atoms with Crippen molar-refractivity contribution in [2.24, 2.45) is 10.8 Å². The number of amides is 4. The molecule has 0 unspecified atom stereocenters. The summed E-state index contributed by atoms with van der Waals surface area (Å²) in [6, 6.07) is 28.8. The van der Waals surface area contributed by atoms with Crippen LogP contribution >= 0.6 is 34.7 Å². The molecular weight excluding hydrogens is 1440 g/mol. The van der Waals surface area contributed by atoms with E-state index in [2.05, 4.69) is 66.5 Å². The van der Waals surface area contributed by atoms with E-state index in [1.807, 2.05) is 72.3 Å². The Labute approximate surface area is 619 Å². The fourth-order valence-electron chi connectivity index (χ4n) is 13.8. The fraction of sp³-hybridized carbons (Fsp3) is 0.480. The maximum Gasteiger partial charge on any atom is 0.501 e. The van der Waals surface area contributed by atoms with Crippen molar-refractivity contribution in [3.63, 3.8) is 0 Å². The van der Waals surface area contributed by atoms with Crippen molar-refractivity contribution in [3.05, 3.63) is 154 Å². The first-order valence-corrected chi connectivity index (χ1v) is 40.3. The topological polar surface area (TPSA) is 243 Å². The van der Waals surface area contributed by atoms with Crippen LogP contribution in [0.1, 0.15) is 107 Å². The molecule has 0 radical (unpaired) electrons. The van der Waals surface area contributed by atoms with Gasteiger partial charge in [-0.3, -0.25) is 29.0 Å². The molecule has 20 nitrogen and oxygen atoms in total. The van der Waals surface area contributed by atoms with Crippen molar-refractivity contribution in [1.82, 2.24) is 39.9 Å². The zero-order chi connectivity index (χ0) is 74.5. The van der Waals surface area contributed by atoms with Crippen molar-refractivity contribution in [2.45, 2.75) is 143 Å². The number of carbonyl (C=O) groups excluding carboxylic acids is 4. The van der Waals surface area contributed by atoms with Gasteiger partial charge in [-0.15, -0.1) is 23.1 Å². The number of piperazine rings is 2. The van der Waals surface area contributed by atoms with E-state index in [0.717, 1.165) is 77.7 Å². The number of hydrogen-bond donors (Lipinski definition) is 5. The number of halogens is 5. The Hall–Kier alpha value is -7.15. The number of aliphatic hydroxyl groups excluding tert-OH is 1. The zero-order valence-corrected chi connectivity index (χ0v) is 63.3. The van der Waals surface area contributed by atoms with Crippen LogP contribution in [0.3, 0.4) is 0 Å². The van der Waals surface area contributed by atoms with Gasteiger partial charge in [-0.05, 0) is 146 Å². The van der Waals surface area contributed by atoms with Crippen LogP contribution in [0.15, 0.2) is 141 Å². The van der Waals surface area contributed by atoms with E-state index in [9.17, 15) is 58.7 Å². The Morgan fingerprint density at radius 2 is 1.48 bits per heavy atom. The number of allylic oxidation sites excluding steroid dienone is 1. The highest BCUT2D eigenvalue weighted by Gasteiger charge is 2.54. The predicted octanol–water partition coefficient (Wildman–Crippen LogP) is 11.2. The van der Waals surface area contributed by atoms with Gasteiger partial charge in [0.1, 0.15) is 29.3 Å². The summed E-state index contributed by atoms with van der Waals surface area (Å²) in [6.45, 7) is 19.1. The number of ether oxygens (including phenoxy) is 1. The number of rotatable bonds is 27. The molecule has 6 aromatic rings. The lowest BCUT2D eigenvalue weighted by Crippen LogP contribution is -2.59. The molecule has 5 N–H and O–H groups in total. The van der Waals surface area contributed by atoms with Crippen LogP contribution in [0.5, 0.6) is 5.75 Å². The Bertz CT molecular complexity index is 4340. The van der Waals surface area contributed by atoms with Crippen LogP contribution < -0.4 is 30.3 Å². The van der Waals surface area contributed by atoms with Crippen molar-refractivity contribution >= 4 is 95.1 Å². The third-order valence-electron chi connectivity index (χ3n) is 20.1. The summed E-state index contributed by atoms with van der Waals surface area (Å²) in [4.78, 5) is 69.0. The van der Waals surface area contributed by atoms with Gasteiger partial charge in [0.15, 0.2) is 5.67 Å². The number of nitrogens with one attached hydrogen (secondary N) is 4. The summed E-state index contributed by atoms with van der Waals surface area (Å²) in [6.07, 6.45) is 2.49. The van der Waals surface area contributed by atoms with Crippen molar-refractivity contribution in [2.75, 3.05) is 101 Å². The number of sulfonamides is 1. The smallest absolute Gasteiger partial charge is 0.492 e. The van der Waals surface area contributed by atoms with Gasteiger partial charge in [-0.2, -0.15) is 13.2 Å². The first-order chi connectivity index (χ1) is 49.2. The number of thioether (sulfide) groups is 1. The molecule has 4 atom stereocenters. The maximum absolute atomic E-state index is 14.8. The Morgan fingerprint density at radius 1 is 0.817 bits per heavy atom. The normalized spacial score (nSPS) is 19.7. The summed E-state index contributed by atoms with van der Waals surface area (Å²) in [5.41, 5.74) is -0.137. The minimum absolute atomic E-state index is 0.00273. The molecule has 11 rings (SSSR count). The van der Waals surface area contributed by atoms with Gasteiger partial charge in [0, 0.05) is 130 Å². The van der Waals surface area contributed by atoms with Crippen LogP contribution in [0.2, 0.25) is 5.02 Å². The van der Waals surface area contributed by atoms with Gasteiger partial charge in [-0.1, -0.05) is 94.3 Å². The molecule has 5 aliphatic rings. The average Bonchev–Trinajstić information content (AvgIpc) is 0.845. The van der Waals surface area contributed by atoms with E-state index >= 15 is 0 Å². The third kappa shape index (κ3) is 19.3. The third-order valence-corrected chi connectivity index (χ3v) is 25.3. The number of sulfone groups is 1. The van der Waals surface area contributed by atoms with E-state index in [0.29, 0.717) is 81.2 Å². The molecule has 0 spiro atoms. The molecule has 3 aliphatic heterocycles. The van der Waals surface area contributed by atoms with E-state index in [-0.39, 0.29) is 55.7 Å². The lowest BCUT2D eigenvalue weighted by atomic mass is 9.73. The van der Waals surface area contributed by atoms with Gasteiger partial charge in [0.05, 0.1) is 32.8 Å². The van der Waals surface area contributed by atoms with Crippen molar-refractivity contribution in [3.8, 4) is 16.2 Å². The molecular formula is C75H91ClF4N10O10S4. The molecule has 4 fully saturated rings. The zero-order valence-electron chi connectivity index (χ0n) is 59.2. The molecule has 2 aliphatic carbocycles. The van der Waals surface area contributed by atoms with E-state index in [1.165, 1.54) is 56.8 Å². The summed E-state index contributed by atoms with van der Waals surface area (Å²) in [5.74, 6) is -2.28. The van der Waals surface area contributed by atoms with Crippen LogP contribution in [-0.4, -0.2) is 196 Å². The molecule has 4 amide bonds. The van der Waals surface area contributed by atoms with Crippen LogP contribution in [0, 0.1) is 17.8 Å². The highest BCUT2D eigenvalue weighted by Crippen LogP contribution is 2.44. The number of carbonyl (C=O) groups is 4. The molecule has 3 saturated heterocycles. The Balaban J connectivity index is 0.702. The van der Waals surface area contributed by atoms with E-state index in [4.69, 9.17) is 16.3 Å². The highest BCUT2D eigenvalue weighted by molar-refractivity contribution is 7.99. The number of likely N-dealkylation sites (tertiary alicyclic amines) is 1. The van der Waals surface area contributed by atoms with Crippen molar-refractivity contribution < 1.29 is 63.4 Å². The molecule has 1 aromatic heterocycles. The minimum Gasteiger partial charge on any atom is -0.492 e. The monoisotopic (exact) mass is 1530 g/mol. The number of thiazole rings is 1. The van der Waals surface area contributed by atoms with Gasteiger partial charge in [-0.25, -0.2) is 30.9 Å². The number of alkyl halides is 4. The van der Waals surface area contributed by atoms with Gasteiger partial charge >= 0.3 is 5.51 Å². The van der Waals surface area contributed by atoms with E-state index < -0.39 is 99.8 Å². The molecule has 4 heterocycles. The number of hydrogen-bond acceptors (Lipinski definition) is 18. The van der Waals surface area contributed by atoms with Crippen molar-refractivity contribution in [1.29, 1.82) is 0 Å². The second-order valence-corrected chi connectivity index (χ2v) is 35.5. The summed E-state index contributed by atoms with van der Waals surface area (Å²) in [7, 11) is -11.1. The van der Waals surface area contributed by atoms with Crippen LogP contribution in [-0.2, 0) is 40.8 Å². The van der Waals surface area contributed by atoms with E-state index in [1.54, 1.807) is 38.4 Å². The molecule has 5 aromatic carbocycles. The van der Waals surface area contributed by atoms with Gasteiger partial charge < -0.3 is 40.5 Å². The number of aromatic nitrogens is 1. The SMILES string of the molecule is Cc1ncsc1-c1ccc(CNC(=O)[C@@H]2C[C@@H](O)CN2C(=O)[C@@H](NC(=O)C2(F)CC2)C(C)(C)C)c(OCCN2CCN(CC[C@H](CSc3ccccc3)Nc3ccc(S(=O)(=O)NC(=O)c4ccc(N5CCN(CC6=C(c7ccc(Cl)cc7)CCC(C)(C)C6)CC5)cc4)cc3S(=O)(=O)C(F)(F)F)CC2)c1. The number of nitrogens with zero attached hydrogens (tertiary/aromatic N) is 6. The summed E-state index contributed by atoms with van der Waals surface area (Å²) < 4.78 is 122. The van der Waals surface area contributed by atoms with Crippen LogP contribution in [0.25, 0.3) is 16.0 Å². The number of aryl methyl sites for hydroxylation is 1. The molecule has 560 valence electrons. The Morgan fingerprint density at radius 3 is 2.12 bits per heavy atom. The summed E-state index contributed by atoms with van der Waals surface area (Å²) in [5, 5.41) is 20.1. The fourth-order valence-corrected chi connectivity index (χ4v) is 17.7. The molecule has 29 heteroatoms. The average molecular weight is 1530 g/mol. The standard InChI is InChI=1S/C75H91ClF4N10O10S4/c1-49-66(102-48-82-49)52-12-13-53(44-81-69(93)63-41-58(91)46-90(63)70(94)67(72(2,3)4)84-71(95)74(77)27-28-74)64(40-52)100-39-38-87-32-30-86(31-33-87)29-25-56(47-101-59-10-8-7-9-11-59)83-62-23-22-60(42-65(62)103(96,97)75(78,79)80)104(98,99)85-68(92)51-16-20-57(21-17-51)89-36-34-88(35-37-89)45-54-43-73(5,6)26-24-61(54)50-14-18-55(76)19-15-50/h7-23,40,42,48,56,58,63,67,83,91H,24-39,41,43-47H2,1-6H3,(H,81,93)(H,84,95)(H,85,92)/t56-,58-,63+,67-/m1/s1. The number of anilines is 2. The second kappa shape index (κ2) is 32.5. The largest absolute Gasteiger partial charge is 0.501 e. The molecule has 1 saturated carbocycles. The number of benzene rings is 5. The lowest BCUT2D eigenvalue weighted by Gasteiger charge is -2.39. The highest BCUT2D eigenvalue weighted by atomic mass is 35.5. The predicted molar refractivity (Wildman–Crippen MR) is 398 cm³/mol. The molecule has 104 heavy (non-hydrogen) atoms. The first-order valence-electron chi connectivity index (χ1n) is 35.1. The quantitative estimate of drug-likeness (QED) is 0.0238. The van der Waals surface area contributed by atoms with Crippen LogP contribution in [0.4, 0.5) is 28.9 Å². The first kappa shape index (κ1) is 77.9. The van der Waals surface area contributed by atoms with Gasteiger partial charge in [0.2, 0.25) is 11.8 Å². The number of aliphatic hydroxyl groups is 1. The Kier molecular flexibility index (Phi) is 24.4.